The Balaban J connectivity index is 1.89. The van der Waals surface area contributed by atoms with Gasteiger partial charge in [0.05, 0.1) is 6.10 Å². The van der Waals surface area contributed by atoms with Gasteiger partial charge in [0.2, 0.25) is 0 Å². The van der Waals surface area contributed by atoms with Gasteiger partial charge in [-0.05, 0) is 36.2 Å². The smallest absolute Gasteiger partial charge is 0.119 e. The molecule has 1 N–H and O–H groups in total. The monoisotopic (exact) mass is 276 g/mol. The molecule has 100 valence electrons. The largest absolute Gasteiger partial charge is 0.491 e. The Morgan fingerprint density at radius 1 is 1.16 bits per heavy atom. The van der Waals surface area contributed by atoms with Crippen molar-refractivity contribution >= 4 is 11.6 Å². The highest BCUT2D eigenvalue weighted by Crippen LogP contribution is 2.19. The number of aryl methyl sites for hydroxylation is 1. The molecule has 0 saturated heterocycles. The zero-order valence-electron chi connectivity index (χ0n) is 10.8. The molecular formula is C16H17ClO2. The molecule has 0 amide bonds. The zero-order chi connectivity index (χ0) is 13.7. The Labute approximate surface area is 118 Å². The molecule has 2 aromatic carbocycles. The van der Waals surface area contributed by atoms with E-state index < -0.39 is 6.10 Å². The topological polar surface area (TPSA) is 29.5 Å². The summed E-state index contributed by atoms with van der Waals surface area (Å²) in [4.78, 5) is 0. The summed E-state index contributed by atoms with van der Waals surface area (Å²) < 4.78 is 5.51. The third kappa shape index (κ3) is 4.27. The third-order valence-corrected chi connectivity index (χ3v) is 3.20. The molecule has 0 aliphatic heterocycles. The van der Waals surface area contributed by atoms with Crippen molar-refractivity contribution < 1.29 is 9.84 Å². The number of aliphatic hydroxyl groups excluding tert-OH is 1. The maximum Gasteiger partial charge on any atom is 0.119 e. The Kier molecular flexibility index (Phi) is 4.83. The molecule has 0 aliphatic rings. The second-order valence-corrected chi connectivity index (χ2v) is 4.98. The van der Waals surface area contributed by atoms with Crippen molar-refractivity contribution in [1.82, 2.24) is 0 Å². The molecule has 3 heteroatoms. The fraction of sp³-hybridized carbons (Fsp3) is 0.250. The average Bonchev–Trinajstić information content (AvgIpc) is 2.41. The molecule has 0 bridgehead atoms. The van der Waals surface area contributed by atoms with Crippen molar-refractivity contribution in [2.24, 2.45) is 0 Å². The quantitative estimate of drug-likeness (QED) is 0.904. The highest BCUT2D eigenvalue weighted by atomic mass is 35.5. The maximum absolute atomic E-state index is 9.97. The first-order valence-corrected chi connectivity index (χ1v) is 6.64. The molecule has 19 heavy (non-hydrogen) atoms. The van der Waals surface area contributed by atoms with Gasteiger partial charge in [0, 0.05) is 11.4 Å². The van der Waals surface area contributed by atoms with Gasteiger partial charge in [-0.2, -0.15) is 0 Å². The zero-order valence-corrected chi connectivity index (χ0v) is 11.6. The number of hydrogen-bond acceptors (Lipinski definition) is 2. The lowest BCUT2D eigenvalue weighted by Gasteiger charge is -2.13. The summed E-state index contributed by atoms with van der Waals surface area (Å²) in [6.45, 7) is 2.25. The molecule has 2 aromatic rings. The van der Waals surface area contributed by atoms with E-state index in [2.05, 4.69) is 0 Å². The van der Waals surface area contributed by atoms with Crippen molar-refractivity contribution in [3.05, 3.63) is 64.7 Å². The molecular weight excluding hydrogens is 260 g/mol. The van der Waals surface area contributed by atoms with E-state index in [4.69, 9.17) is 16.3 Å². The van der Waals surface area contributed by atoms with E-state index >= 15 is 0 Å². The lowest BCUT2D eigenvalue weighted by Crippen LogP contribution is -2.20. The Bertz CT molecular complexity index is 526. The van der Waals surface area contributed by atoms with Crippen molar-refractivity contribution in [2.75, 3.05) is 6.61 Å². The second kappa shape index (κ2) is 6.60. The highest BCUT2D eigenvalue weighted by Gasteiger charge is 2.09. The molecule has 1 unspecified atom stereocenters. The first-order chi connectivity index (χ1) is 9.15. The van der Waals surface area contributed by atoms with Crippen LogP contribution in [0, 0.1) is 6.92 Å². The predicted molar refractivity (Wildman–Crippen MR) is 77.8 cm³/mol. The number of para-hydroxylation sites is 1. The van der Waals surface area contributed by atoms with Crippen LogP contribution >= 0.6 is 11.6 Å². The Hall–Kier alpha value is -1.51. The lowest BCUT2D eigenvalue weighted by atomic mass is 10.1. The van der Waals surface area contributed by atoms with Gasteiger partial charge in [0.15, 0.2) is 0 Å². The van der Waals surface area contributed by atoms with Gasteiger partial charge < -0.3 is 9.84 Å². The number of ether oxygens (including phenoxy) is 1. The molecule has 0 aromatic heterocycles. The van der Waals surface area contributed by atoms with E-state index in [0.29, 0.717) is 11.4 Å². The van der Waals surface area contributed by atoms with Gasteiger partial charge in [0.1, 0.15) is 12.4 Å². The third-order valence-electron chi connectivity index (χ3n) is 2.85. The van der Waals surface area contributed by atoms with Crippen molar-refractivity contribution in [1.29, 1.82) is 0 Å². The first kappa shape index (κ1) is 13.9. The van der Waals surface area contributed by atoms with Crippen molar-refractivity contribution in [2.45, 2.75) is 19.4 Å². The summed E-state index contributed by atoms with van der Waals surface area (Å²) in [5, 5.41) is 10.7. The van der Waals surface area contributed by atoms with Crippen LogP contribution < -0.4 is 4.74 Å². The van der Waals surface area contributed by atoms with Gasteiger partial charge in [0.25, 0.3) is 0 Å². The minimum Gasteiger partial charge on any atom is -0.491 e. The summed E-state index contributed by atoms with van der Waals surface area (Å²) in [5.74, 6) is 0.761. The standard InChI is InChI=1S/C16H17ClO2/c1-12-7-8-13(16(17)9-12)10-14(18)11-19-15-5-3-2-4-6-15/h2-9,14,18H,10-11H2,1H3. The van der Waals surface area contributed by atoms with Gasteiger partial charge in [-0.3, -0.25) is 0 Å². The molecule has 0 fully saturated rings. The van der Waals surface area contributed by atoms with Crippen LogP contribution in [0.3, 0.4) is 0 Å². The van der Waals surface area contributed by atoms with Crippen molar-refractivity contribution in [3.63, 3.8) is 0 Å². The Morgan fingerprint density at radius 2 is 1.89 bits per heavy atom. The fourth-order valence-electron chi connectivity index (χ4n) is 1.84. The molecule has 1 atom stereocenters. The number of halogens is 1. The van der Waals surface area contributed by atoms with Crippen LogP contribution in [0.2, 0.25) is 5.02 Å². The maximum atomic E-state index is 9.97. The summed E-state index contributed by atoms with van der Waals surface area (Å²) in [6.07, 6.45) is -0.0771. The summed E-state index contributed by atoms with van der Waals surface area (Å²) in [5.41, 5.74) is 2.06. The summed E-state index contributed by atoms with van der Waals surface area (Å²) >= 11 is 6.14. The molecule has 2 rings (SSSR count). The van der Waals surface area contributed by atoms with E-state index in [-0.39, 0.29) is 6.61 Å². The number of hydrogen-bond donors (Lipinski definition) is 1. The van der Waals surface area contributed by atoms with Crippen LogP contribution in [-0.2, 0) is 6.42 Å². The second-order valence-electron chi connectivity index (χ2n) is 4.58. The number of benzene rings is 2. The van der Waals surface area contributed by atoms with Crippen LogP contribution in [0.5, 0.6) is 5.75 Å². The highest BCUT2D eigenvalue weighted by molar-refractivity contribution is 6.31. The van der Waals surface area contributed by atoms with Crippen LogP contribution in [0.4, 0.5) is 0 Å². The van der Waals surface area contributed by atoms with E-state index in [1.165, 1.54) is 0 Å². The SMILES string of the molecule is Cc1ccc(CC(O)COc2ccccc2)c(Cl)c1. The summed E-state index contributed by atoms with van der Waals surface area (Å²) in [7, 11) is 0. The van der Waals surface area contributed by atoms with Crippen LogP contribution in [0.1, 0.15) is 11.1 Å². The van der Waals surface area contributed by atoms with Gasteiger partial charge >= 0.3 is 0 Å². The lowest BCUT2D eigenvalue weighted by molar-refractivity contribution is 0.108. The average molecular weight is 277 g/mol. The molecule has 0 aliphatic carbocycles. The molecule has 0 radical (unpaired) electrons. The minimum absolute atomic E-state index is 0.258. The molecule has 2 nitrogen and oxygen atoms in total. The van der Waals surface area contributed by atoms with E-state index in [1.807, 2.05) is 55.5 Å². The van der Waals surface area contributed by atoms with E-state index in [0.717, 1.165) is 16.9 Å². The van der Waals surface area contributed by atoms with Crippen LogP contribution in [-0.4, -0.2) is 17.8 Å². The van der Waals surface area contributed by atoms with Gasteiger partial charge in [-0.1, -0.05) is 41.9 Å². The summed E-state index contributed by atoms with van der Waals surface area (Å²) in [6, 6.07) is 15.3. The van der Waals surface area contributed by atoms with E-state index in [9.17, 15) is 5.11 Å². The predicted octanol–water partition coefficient (Wildman–Crippen LogP) is 3.63. The molecule has 0 saturated carbocycles. The van der Waals surface area contributed by atoms with Crippen molar-refractivity contribution in [3.8, 4) is 5.75 Å². The first-order valence-electron chi connectivity index (χ1n) is 6.26. The number of rotatable bonds is 5. The fourth-order valence-corrected chi connectivity index (χ4v) is 2.15. The minimum atomic E-state index is -0.569. The van der Waals surface area contributed by atoms with Crippen LogP contribution in [0.25, 0.3) is 0 Å². The molecule has 0 heterocycles. The molecule has 0 spiro atoms. The van der Waals surface area contributed by atoms with Crippen LogP contribution in [0.15, 0.2) is 48.5 Å². The van der Waals surface area contributed by atoms with E-state index in [1.54, 1.807) is 0 Å². The number of aliphatic hydroxyl groups is 1. The van der Waals surface area contributed by atoms with Gasteiger partial charge in [-0.15, -0.1) is 0 Å². The Morgan fingerprint density at radius 3 is 2.58 bits per heavy atom. The van der Waals surface area contributed by atoms with Gasteiger partial charge in [-0.25, -0.2) is 0 Å². The normalized spacial score (nSPS) is 12.2.